The first-order chi connectivity index (χ1) is 10.5. The molecule has 2 aliphatic rings. The third-order valence-electron chi connectivity index (χ3n) is 4.78. The number of carbonyl (C=O) groups excluding carboxylic acids is 1. The van der Waals surface area contributed by atoms with Gasteiger partial charge in [0.15, 0.2) is 0 Å². The molecule has 5 nitrogen and oxygen atoms in total. The third kappa shape index (κ3) is 4.60. The summed E-state index contributed by atoms with van der Waals surface area (Å²) in [5.74, 6) is 0.576. The second kappa shape index (κ2) is 6.60. The monoisotopic (exact) mass is 326 g/mol. The molecule has 1 amide bonds. The SMILES string of the molecule is CC(C)COC1CC(NC2CN(C(=O)OC(C)(C)C)C2)C1(C)C. The number of likely N-dealkylation sites (tertiary alicyclic amines) is 1. The number of carbonyl (C=O) groups is 1. The smallest absolute Gasteiger partial charge is 0.410 e. The predicted octanol–water partition coefficient (Wildman–Crippen LogP) is 3.04. The Balaban J connectivity index is 1.70. The van der Waals surface area contributed by atoms with Gasteiger partial charge in [-0.25, -0.2) is 4.79 Å². The fraction of sp³-hybridized carbons (Fsp3) is 0.944. The maximum atomic E-state index is 11.9. The maximum Gasteiger partial charge on any atom is 0.410 e. The quantitative estimate of drug-likeness (QED) is 0.844. The Bertz CT molecular complexity index is 422. The molecule has 2 fully saturated rings. The molecule has 0 bridgehead atoms. The molecule has 1 saturated heterocycles. The van der Waals surface area contributed by atoms with Gasteiger partial charge in [-0.15, -0.1) is 0 Å². The van der Waals surface area contributed by atoms with Gasteiger partial charge in [-0.05, 0) is 33.1 Å². The lowest BCUT2D eigenvalue weighted by atomic mass is 9.64. The van der Waals surface area contributed by atoms with Crippen LogP contribution in [0.2, 0.25) is 0 Å². The summed E-state index contributed by atoms with van der Waals surface area (Å²) in [6, 6.07) is 0.836. The molecule has 2 atom stereocenters. The molecule has 1 N–H and O–H groups in total. The highest BCUT2D eigenvalue weighted by atomic mass is 16.6. The second-order valence-corrected chi connectivity index (χ2v) is 9.07. The van der Waals surface area contributed by atoms with Crippen LogP contribution in [-0.4, -0.2) is 54.5 Å². The topological polar surface area (TPSA) is 50.8 Å². The molecular formula is C18H34N2O3. The lowest BCUT2D eigenvalue weighted by Gasteiger charge is -2.55. The summed E-state index contributed by atoms with van der Waals surface area (Å²) in [6.45, 7) is 16.9. The van der Waals surface area contributed by atoms with E-state index >= 15 is 0 Å². The lowest BCUT2D eigenvalue weighted by molar-refractivity contribution is -0.129. The highest BCUT2D eigenvalue weighted by Crippen LogP contribution is 2.43. The van der Waals surface area contributed by atoms with Crippen molar-refractivity contribution in [1.29, 1.82) is 0 Å². The summed E-state index contributed by atoms with van der Waals surface area (Å²) < 4.78 is 11.4. The molecule has 2 unspecified atom stereocenters. The van der Waals surface area contributed by atoms with E-state index in [1.165, 1.54) is 0 Å². The number of hydrogen-bond acceptors (Lipinski definition) is 4. The van der Waals surface area contributed by atoms with E-state index in [1.807, 2.05) is 20.8 Å². The Morgan fingerprint density at radius 3 is 2.39 bits per heavy atom. The summed E-state index contributed by atoms with van der Waals surface area (Å²) in [7, 11) is 0. The Hall–Kier alpha value is -0.810. The zero-order chi connectivity index (χ0) is 17.4. The average Bonchev–Trinajstić information content (AvgIpc) is 2.31. The van der Waals surface area contributed by atoms with Gasteiger partial charge in [0.25, 0.3) is 0 Å². The first-order valence-electron chi connectivity index (χ1n) is 8.84. The first kappa shape index (κ1) is 18.5. The minimum Gasteiger partial charge on any atom is -0.444 e. The summed E-state index contributed by atoms with van der Waals surface area (Å²) in [6.07, 6.45) is 1.19. The van der Waals surface area contributed by atoms with Gasteiger partial charge in [-0.3, -0.25) is 0 Å². The van der Waals surface area contributed by atoms with E-state index in [0.29, 0.717) is 24.1 Å². The summed E-state index contributed by atoms with van der Waals surface area (Å²) in [5.41, 5.74) is -0.270. The zero-order valence-electron chi connectivity index (χ0n) is 15.8. The maximum absolute atomic E-state index is 11.9. The molecule has 23 heavy (non-hydrogen) atoms. The van der Waals surface area contributed by atoms with Gasteiger partial charge in [0, 0.05) is 37.2 Å². The van der Waals surface area contributed by atoms with Gasteiger partial charge in [0.05, 0.1) is 6.10 Å². The molecule has 1 saturated carbocycles. The molecule has 0 aromatic carbocycles. The molecule has 1 aliphatic heterocycles. The summed E-state index contributed by atoms with van der Waals surface area (Å²) in [5, 5.41) is 3.68. The van der Waals surface area contributed by atoms with Crippen LogP contribution in [0.5, 0.6) is 0 Å². The van der Waals surface area contributed by atoms with Crippen molar-refractivity contribution >= 4 is 6.09 Å². The molecule has 0 aromatic rings. The number of hydrogen-bond donors (Lipinski definition) is 1. The Kier molecular flexibility index (Phi) is 5.31. The summed E-state index contributed by atoms with van der Waals surface area (Å²) in [4.78, 5) is 13.7. The van der Waals surface area contributed by atoms with Crippen LogP contribution in [0.25, 0.3) is 0 Å². The van der Waals surface area contributed by atoms with Crippen molar-refractivity contribution in [1.82, 2.24) is 10.2 Å². The third-order valence-corrected chi connectivity index (χ3v) is 4.78. The normalized spacial score (nSPS) is 27.6. The Morgan fingerprint density at radius 2 is 1.91 bits per heavy atom. The molecule has 0 radical (unpaired) electrons. The number of nitrogens with zero attached hydrogens (tertiary/aromatic N) is 1. The molecule has 1 aliphatic carbocycles. The van der Waals surface area contributed by atoms with Gasteiger partial charge in [0.1, 0.15) is 5.60 Å². The average molecular weight is 326 g/mol. The van der Waals surface area contributed by atoms with Crippen molar-refractivity contribution in [3.05, 3.63) is 0 Å². The van der Waals surface area contributed by atoms with Crippen LogP contribution in [0.4, 0.5) is 4.79 Å². The van der Waals surface area contributed by atoms with E-state index in [9.17, 15) is 4.79 Å². The molecule has 134 valence electrons. The Morgan fingerprint density at radius 1 is 1.30 bits per heavy atom. The van der Waals surface area contributed by atoms with Crippen molar-refractivity contribution in [2.75, 3.05) is 19.7 Å². The largest absolute Gasteiger partial charge is 0.444 e. The molecule has 1 heterocycles. The molecule has 0 spiro atoms. The van der Waals surface area contributed by atoms with Gasteiger partial charge < -0.3 is 19.7 Å². The first-order valence-corrected chi connectivity index (χ1v) is 8.84. The second-order valence-electron chi connectivity index (χ2n) is 9.07. The minimum absolute atomic E-state index is 0.154. The Labute approximate surface area is 141 Å². The van der Waals surface area contributed by atoms with Crippen LogP contribution >= 0.6 is 0 Å². The van der Waals surface area contributed by atoms with E-state index in [2.05, 4.69) is 33.0 Å². The highest BCUT2D eigenvalue weighted by Gasteiger charge is 2.50. The van der Waals surface area contributed by atoms with Gasteiger partial charge in [0.2, 0.25) is 0 Å². The van der Waals surface area contributed by atoms with Crippen LogP contribution in [-0.2, 0) is 9.47 Å². The number of nitrogens with one attached hydrogen (secondary N) is 1. The highest BCUT2D eigenvalue weighted by molar-refractivity contribution is 5.69. The van der Waals surface area contributed by atoms with Gasteiger partial charge in [-0.1, -0.05) is 27.7 Å². The van der Waals surface area contributed by atoms with E-state index in [-0.39, 0.29) is 11.5 Å². The van der Waals surface area contributed by atoms with Crippen LogP contribution in [0.15, 0.2) is 0 Å². The van der Waals surface area contributed by atoms with E-state index in [0.717, 1.165) is 26.1 Å². The van der Waals surface area contributed by atoms with Gasteiger partial charge >= 0.3 is 6.09 Å². The van der Waals surface area contributed by atoms with E-state index in [1.54, 1.807) is 4.90 Å². The van der Waals surface area contributed by atoms with Crippen LogP contribution in [0, 0.1) is 11.3 Å². The van der Waals surface area contributed by atoms with E-state index < -0.39 is 5.60 Å². The van der Waals surface area contributed by atoms with Crippen molar-refractivity contribution in [2.24, 2.45) is 11.3 Å². The van der Waals surface area contributed by atoms with Crippen molar-refractivity contribution in [2.45, 2.75) is 78.7 Å². The number of ether oxygens (including phenoxy) is 2. The van der Waals surface area contributed by atoms with Crippen molar-refractivity contribution < 1.29 is 14.3 Å². The van der Waals surface area contributed by atoms with Gasteiger partial charge in [-0.2, -0.15) is 0 Å². The number of rotatable bonds is 5. The molecule has 5 heteroatoms. The van der Waals surface area contributed by atoms with Crippen LogP contribution in [0.3, 0.4) is 0 Å². The minimum atomic E-state index is -0.424. The molecule has 2 rings (SSSR count). The fourth-order valence-electron chi connectivity index (χ4n) is 3.10. The summed E-state index contributed by atoms with van der Waals surface area (Å²) >= 11 is 0. The van der Waals surface area contributed by atoms with Crippen molar-refractivity contribution in [3.63, 3.8) is 0 Å². The standard InChI is InChI=1S/C18H34N2O3/c1-12(2)11-22-15-8-14(18(15,6)7)19-13-9-20(10-13)16(21)23-17(3,4)5/h12-15,19H,8-11H2,1-7H3. The zero-order valence-corrected chi connectivity index (χ0v) is 15.8. The number of amides is 1. The predicted molar refractivity (Wildman–Crippen MR) is 91.5 cm³/mol. The van der Waals surface area contributed by atoms with Crippen LogP contribution in [0.1, 0.15) is 54.9 Å². The molecule has 0 aromatic heterocycles. The van der Waals surface area contributed by atoms with E-state index in [4.69, 9.17) is 9.47 Å². The fourth-order valence-corrected chi connectivity index (χ4v) is 3.10. The van der Waals surface area contributed by atoms with Crippen molar-refractivity contribution in [3.8, 4) is 0 Å². The lowest BCUT2D eigenvalue weighted by Crippen LogP contribution is -2.69. The molecular weight excluding hydrogens is 292 g/mol. The van der Waals surface area contributed by atoms with Crippen LogP contribution < -0.4 is 5.32 Å².